The van der Waals surface area contributed by atoms with Gasteiger partial charge in [0.05, 0.1) is 11.8 Å². The van der Waals surface area contributed by atoms with E-state index in [1.807, 2.05) is 52.0 Å². The summed E-state index contributed by atoms with van der Waals surface area (Å²) < 4.78 is 5.66. The van der Waals surface area contributed by atoms with Crippen LogP contribution in [0.5, 0.6) is 5.75 Å². The normalized spacial score (nSPS) is 10.3. The lowest BCUT2D eigenvalue weighted by atomic mass is 10.3. The fourth-order valence-electron chi connectivity index (χ4n) is 1.63. The fourth-order valence-corrected chi connectivity index (χ4v) is 1.63. The number of hydrogen-bond acceptors (Lipinski definition) is 2. The molecule has 0 saturated heterocycles. The molecule has 0 bridgehead atoms. The van der Waals surface area contributed by atoms with Crippen molar-refractivity contribution in [2.24, 2.45) is 0 Å². The van der Waals surface area contributed by atoms with Gasteiger partial charge in [-0.2, -0.15) is 0 Å². The number of urea groups is 1. The Labute approximate surface area is 109 Å². The van der Waals surface area contributed by atoms with Gasteiger partial charge >= 0.3 is 6.03 Å². The van der Waals surface area contributed by atoms with Crippen molar-refractivity contribution in [1.82, 2.24) is 4.90 Å². The Kier molecular flexibility index (Phi) is 5.49. The standard InChI is InChI=1S/C14H22N2O2/c1-5-16(6-2)14(17)15-12-9-7-8-10-13(12)18-11(3)4/h7-11H,5-6H2,1-4H3,(H,15,17). The molecule has 18 heavy (non-hydrogen) atoms. The van der Waals surface area contributed by atoms with Gasteiger partial charge in [0, 0.05) is 13.1 Å². The molecule has 1 aromatic carbocycles. The van der Waals surface area contributed by atoms with Gasteiger partial charge in [0.2, 0.25) is 0 Å². The van der Waals surface area contributed by atoms with Crippen LogP contribution in [0, 0.1) is 0 Å². The number of ether oxygens (including phenoxy) is 1. The molecule has 0 radical (unpaired) electrons. The molecule has 100 valence electrons. The van der Waals surface area contributed by atoms with Gasteiger partial charge in [-0.3, -0.25) is 0 Å². The highest BCUT2D eigenvalue weighted by atomic mass is 16.5. The third kappa shape index (κ3) is 3.95. The second-order valence-electron chi connectivity index (χ2n) is 4.27. The highest BCUT2D eigenvalue weighted by molar-refractivity contribution is 5.90. The largest absolute Gasteiger partial charge is 0.489 e. The van der Waals surface area contributed by atoms with E-state index < -0.39 is 0 Å². The summed E-state index contributed by atoms with van der Waals surface area (Å²) in [7, 11) is 0. The molecular weight excluding hydrogens is 228 g/mol. The number of carbonyl (C=O) groups is 1. The predicted molar refractivity (Wildman–Crippen MR) is 74.1 cm³/mol. The molecule has 0 aliphatic carbocycles. The molecule has 0 unspecified atom stereocenters. The van der Waals surface area contributed by atoms with Crippen LogP contribution in [-0.2, 0) is 0 Å². The van der Waals surface area contributed by atoms with E-state index >= 15 is 0 Å². The topological polar surface area (TPSA) is 41.6 Å². The van der Waals surface area contributed by atoms with Crippen LogP contribution in [0.4, 0.5) is 10.5 Å². The van der Waals surface area contributed by atoms with Crippen molar-refractivity contribution in [2.75, 3.05) is 18.4 Å². The van der Waals surface area contributed by atoms with Crippen molar-refractivity contribution in [3.63, 3.8) is 0 Å². The summed E-state index contributed by atoms with van der Waals surface area (Å²) in [5, 5.41) is 2.88. The van der Waals surface area contributed by atoms with Crippen LogP contribution < -0.4 is 10.1 Å². The van der Waals surface area contributed by atoms with E-state index in [1.54, 1.807) is 4.90 Å². The highest BCUT2D eigenvalue weighted by Crippen LogP contribution is 2.25. The average molecular weight is 250 g/mol. The van der Waals surface area contributed by atoms with Crippen LogP contribution in [0.25, 0.3) is 0 Å². The Hall–Kier alpha value is -1.71. The zero-order chi connectivity index (χ0) is 13.5. The van der Waals surface area contributed by atoms with Crippen LogP contribution in [0.3, 0.4) is 0 Å². The molecule has 0 spiro atoms. The Morgan fingerprint density at radius 2 is 1.89 bits per heavy atom. The van der Waals surface area contributed by atoms with Gasteiger partial charge in [-0.1, -0.05) is 12.1 Å². The van der Waals surface area contributed by atoms with Crippen molar-refractivity contribution in [2.45, 2.75) is 33.8 Å². The predicted octanol–water partition coefficient (Wildman–Crippen LogP) is 3.35. The van der Waals surface area contributed by atoms with Gasteiger partial charge in [-0.25, -0.2) is 4.79 Å². The molecule has 0 saturated carbocycles. The molecular formula is C14H22N2O2. The summed E-state index contributed by atoms with van der Waals surface area (Å²) in [6, 6.07) is 7.38. The third-order valence-electron chi connectivity index (χ3n) is 2.54. The molecule has 1 rings (SSSR count). The lowest BCUT2D eigenvalue weighted by molar-refractivity contribution is 0.216. The molecule has 1 aromatic rings. The van der Waals surface area contributed by atoms with E-state index in [2.05, 4.69) is 5.32 Å². The zero-order valence-electron chi connectivity index (χ0n) is 11.6. The summed E-state index contributed by atoms with van der Waals surface area (Å²) in [6.07, 6.45) is 0.0801. The first-order valence-electron chi connectivity index (χ1n) is 6.40. The molecule has 0 aliphatic heterocycles. The summed E-state index contributed by atoms with van der Waals surface area (Å²) in [5.74, 6) is 0.702. The molecule has 0 fully saturated rings. The first-order valence-corrected chi connectivity index (χ1v) is 6.40. The van der Waals surface area contributed by atoms with Crippen LogP contribution in [-0.4, -0.2) is 30.1 Å². The SMILES string of the molecule is CCN(CC)C(=O)Nc1ccccc1OC(C)C. The summed E-state index contributed by atoms with van der Waals surface area (Å²) >= 11 is 0. The number of carbonyl (C=O) groups excluding carboxylic acids is 1. The van der Waals surface area contributed by atoms with Crippen molar-refractivity contribution in [3.8, 4) is 5.75 Å². The average Bonchev–Trinajstić information content (AvgIpc) is 2.32. The summed E-state index contributed by atoms with van der Waals surface area (Å²) in [4.78, 5) is 13.7. The monoisotopic (exact) mass is 250 g/mol. The number of rotatable bonds is 5. The quantitative estimate of drug-likeness (QED) is 0.870. The molecule has 2 amide bonds. The molecule has 4 heteroatoms. The van der Waals surface area contributed by atoms with Gasteiger partial charge in [0.1, 0.15) is 5.75 Å². The van der Waals surface area contributed by atoms with E-state index in [1.165, 1.54) is 0 Å². The van der Waals surface area contributed by atoms with E-state index in [4.69, 9.17) is 4.74 Å². The zero-order valence-corrected chi connectivity index (χ0v) is 11.6. The van der Waals surface area contributed by atoms with Crippen LogP contribution >= 0.6 is 0 Å². The number of nitrogens with zero attached hydrogens (tertiary/aromatic N) is 1. The number of benzene rings is 1. The van der Waals surface area contributed by atoms with Crippen molar-refractivity contribution < 1.29 is 9.53 Å². The lowest BCUT2D eigenvalue weighted by Crippen LogP contribution is -2.34. The minimum Gasteiger partial charge on any atom is -0.489 e. The van der Waals surface area contributed by atoms with Crippen molar-refractivity contribution >= 4 is 11.7 Å². The number of nitrogens with one attached hydrogen (secondary N) is 1. The van der Waals surface area contributed by atoms with Crippen molar-refractivity contribution in [1.29, 1.82) is 0 Å². The van der Waals surface area contributed by atoms with E-state index in [-0.39, 0.29) is 12.1 Å². The van der Waals surface area contributed by atoms with Gasteiger partial charge < -0.3 is 15.0 Å². The van der Waals surface area contributed by atoms with E-state index in [0.29, 0.717) is 24.5 Å². The Morgan fingerprint density at radius 1 is 1.28 bits per heavy atom. The second kappa shape index (κ2) is 6.89. The third-order valence-corrected chi connectivity index (χ3v) is 2.54. The van der Waals surface area contributed by atoms with Gasteiger partial charge in [-0.05, 0) is 39.8 Å². The van der Waals surface area contributed by atoms with E-state index in [9.17, 15) is 4.79 Å². The highest BCUT2D eigenvalue weighted by Gasteiger charge is 2.12. The maximum Gasteiger partial charge on any atom is 0.321 e. The maximum absolute atomic E-state index is 12.0. The lowest BCUT2D eigenvalue weighted by Gasteiger charge is -2.21. The van der Waals surface area contributed by atoms with E-state index in [0.717, 1.165) is 0 Å². The molecule has 0 atom stereocenters. The number of hydrogen-bond donors (Lipinski definition) is 1. The van der Waals surface area contributed by atoms with Crippen LogP contribution in [0.1, 0.15) is 27.7 Å². The minimum absolute atomic E-state index is 0.0801. The molecule has 0 heterocycles. The Morgan fingerprint density at radius 3 is 2.44 bits per heavy atom. The van der Waals surface area contributed by atoms with Crippen LogP contribution in [0.15, 0.2) is 24.3 Å². The first kappa shape index (κ1) is 14.4. The number of para-hydroxylation sites is 2. The number of amides is 2. The molecule has 0 aromatic heterocycles. The van der Waals surface area contributed by atoms with Gasteiger partial charge in [0.25, 0.3) is 0 Å². The smallest absolute Gasteiger partial charge is 0.321 e. The minimum atomic E-state index is -0.0974. The summed E-state index contributed by atoms with van der Waals surface area (Å²) in [6.45, 7) is 9.22. The van der Waals surface area contributed by atoms with Crippen LogP contribution in [0.2, 0.25) is 0 Å². The first-order chi connectivity index (χ1) is 8.58. The van der Waals surface area contributed by atoms with Gasteiger partial charge in [-0.15, -0.1) is 0 Å². The fraction of sp³-hybridized carbons (Fsp3) is 0.500. The molecule has 1 N–H and O–H groups in total. The summed E-state index contributed by atoms with van der Waals surface area (Å²) in [5.41, 5.74) is 0.711. The maximum atomic E-state index is 12.0. The van der Waals surface area contributed by atoms with Crippen molar-refractivity contribution in [3.05, 3.63) is 24.3 Å². The number of anilines is 1. The molecule has 0 aliphatic rings. The second-order valence-corrected chi connectivity index (χ2v) is 4.27. The Bertz CT molecular complexity index is 387. The van der Waals surface area contributed by atoms with Gasteiger partial charge in [0.15, 0.2) is 0 Å². The Balaban J connectivity index is 2.80. The molecule has 4 nitrogen and oxygen atoms in total.